The van der Waals surface area contributed by atoms with Crippen molar-refractivity contribution in [2.45, 2.75) is 38.6 Å². The summed E-state index contributed by atoms with van der Waals surface area (Å²) in [6.45, 7) is 5.27. The van der Waals surface area contributed by atoms with E-state index in [4.69, 9.17) is 0 Å². The number of benzene rings is 1. The second kappa shape index (κ2) is 5.32. The van der Waals surface area contributed by atoms with Gasteiger partial charge in [0.25, 0.3) is 0 Å². The number of amides is 1. The Morgan fingerprint density at radius 1 is 1.35 bits per heavy atom. The van der Waals surface area contributed by atoms with Crippen LogP contribution in [0.5, 0.6) is 0 Å². The van der Waals surface area contributed by atoms with Crippen molar-refractivity contribution in [1.82, 2.24) is 5.32 Å². The van der Waals surface area contributed by atoms with Crippen molar-refractivity contribution < 1.29 is 4.79 Å². The topological polar surface area (TPSA) is 41.1 Å². The third kappa shape index (κ3) is 3.07. The third-order valence-corrected chi connectivity index (χ3v) is 3.22. The Balaban J connectivity index is 1.96. The molecule has 1 atom stereocenters. The van der Waals surface area contributed by atoms with E-state index in [0.29, 0.717) is 5.92 Å². The standard InChI is InChI=1S/C14H20N2O/c1-10(2)11-5-7-12(8-6-11)16-14(17)13-4-3-9-15-13/h5-8,10,13,15H,3-4,9H2,1-2H3,(H,16,17)/t13-/m1/s1. The van der Waals surface area contributed by atoms with Gasteiger partial charge in [0.05, 0.1) is 6.04 Å². The molecule has 3 nitrogen and oxygen atoms in total. The van der Waals surface area contributed by atoms with Crippen LogP contribution in [0.15, 0.2) is 24.3 Å². The van der Waals surface area contributed by atoms with E-state index in [9.17, 15) is 4.79 Å². The van der Waals surface area contributed by atoms with Gasteiger partial charge in [-0.1, -0.05) is 26.0 Å². The van der Waals surface area contributed by atoms with Gasteiger partial charge in [-0.3, -0.25) is 4.79 Å². The molecule has 2 N–H and O–H groups in total. The summed E-state index contributed by atoms with van der Waals surface area (Å²) in [7, 11) is 0. The molecule has 0 saturated carbocycles. The fraction of sp³-hybridized carbons (Fsp3) is 0.500. The monoisotopic (exact) mass is 232 g/mol. The van der Waals surface area contributed by atoms with E-state index in [-0.39, 0.29) is 11.9 Å². The van der Waals surface area contributed by atoms with Crippen LogP contribution in [-0.2, 0) is 4.79 Å². The van der Waals surface area contributed by atoms with Crippen molar-refractivity contribution in [3.8, 4) is 0 Å². The molecule has 1 aromatic carbocycles. The second-order valence-corrected chi connectivity index (χ2v) is 4.91. The van der Waals surface area contributed by atoms with E-state index in [0.717, 1.165) is 25.1 Å². The second-order valence-electron chi connectivity index (χ2n) is 4.91. The van der Waals surface area contributed by atoms with Crippen LogP contribution in [-0.4, -0.2) is 18.5 Å². The maximum atomic E-state index is 11.9. The highest BCUT2D eigenvalue weighted by Crippen LogP contribution is 2.17. The molecule has 1 fully saturated rings. The van der Waals surface area contributed by atoms with Gasteiger partial charge in [0.2, 0.25) is 5.91 Å². The molecule has 92 valence electrons. The van der Waals surface area contributed by atoms with Crippen LogP contribution in [0.1, 0.15) is 38.2 Å². The van der Waals surface area contributed by atoms with Gasteiger partial charge in [0, 0.05) is 5.69 Å². The summed E-state index contributed by atoms with van der Waals surface area (Å²) in [5.74, 6) is 0.607. The molecule has 1 aliphatic heterocycles. The third-order valence-electron chi connectivity index (χ3n) is 3.22. The maximum absolute atomic E-state index is 11.9. The molecule has 1 amide bonds. The molecule has 0 unspecified atom stereocenters. The summed E-state index contributed by atoms with van der Waals surface area (Å²) in [6.07, 6.45) is 2.03. The Kier molecular flexibility index (Phi) is 3.79. The fourth-order valence-corrected chi connectivity index (χ4v) is 2.09. The Bertz CT molecular complexity index is 378. The summed E-state index contributed by atoms with van der Waals surface area (Å²) < 4.78 is 0. The first-order chi connectivity index (χ1) is 8.16. The number of rotatable bonds is 3. The van der Waals surface area contributed by atoms with Crippen LogP contribution < -0.4 is 10.6 Å². The minimum Gasteiger partial charge on any atom is -0.325 e. The van der Waals surface area contributed by atoms with Crippen molar-refractivity contribution in [3.05, 3.63) is 29.8 Å². The summed E-state index contributed by atoms with van der Waals surface area (Å²) in [4.78, 5) is 11.9. The zero-order valence-electron chi connectivity index (χ0n) is 10.5. The molecule has 0 bridgehead atoms. The zero-order valence-corrected chi connectivity index (χ0v) is 10.5. The SMILES string of the molecule is CC(C)c1ccc(NC(=O)[C@H]2CCCN2)cc1. The Morgan fingerprint density at radius 2 is 2.06 bits per heavy atom. The largest absolute Gasteiger partial charge is 0.325 e. The van der Waals surface area contributed by atoms with Crippen LogP contribution in [0.3, 0.4) is 0 Å². The average molecular weight is 232 g/mol. The van der Waals surface area contributed by atoms with Gasteiger partial charge in [0.15, 0.2) is 0 Å². The smallest absolute Gasteiger partial charge is 0.241 e. The first-order valence-corrected chi connectivity index (χ1v) is 6.31. The summed E-state index contributed by atoms with van der Waals surface area (Å²) in [5.41, 5.74) is 2.18. The van der Waals surface area contributed by atoms with E-state index in [1.165, 1.54) is 5.56 Å². The van der Waals surface area contributed by atoms with Crippen LogP contribution in [0, 0.1) is 0 Å². The molecular weight excluding hydrogens is 212 g/mol. The highest BCUT2D eigenvalue weighted by atomic mass is 16.2. The molecule has 0 radical (unpaired) electrons. The van der Waals surface area contributed by atoms with E-state index in [2.05, 4.69) is 36.6 Å². The molecule has 3 heteroatoms. The van der Waals surface area contributed by atoms with Gasteiger partial charge in [-0.25, -0.2) is 0 Å². The predicted molar refractivity (Wildman–Crippen MR) is 70.2 cm³/mol. The van der Waals surface area contributed by atoms with Gasteiger partial charge in [-0.2, -0.15) is 0 Å². The summed E-state index contributed by atoms with van der Waals surface area (Å²) in [6, 6.07) is 8.08. The quantitative estimate of drug-likeness (QED) is 0.840. The first kappa shape index (κ1) is 12.1. The predicted octanol–water partition coefficient (Wildman–Crippen LogP) is 2.50. The van der Waals surface area contributed by atoms with E-state index >= 15 is 0 Å². The molecule has 1 aromatic rings. The van der Waals surface area contributed by atoms with E-state index in [1.54, 1.807) is 0 Å². The van der Waals surface area contributed by atoms with Gasteiger partial charge < -0.3 is 10.6 Å². The number of hydrogen-bond donors (Lipinski definition) is 2. The number of carbonyl (C=O) groups excluding carboxylic acids is 1. The van der Waals surface area contributed by atoms with Gasteiger partial charge in [-0.15, -0.1) is 0 Å². The lowest BCUT2D eigenvalue weighted by Gasteiger charge is -2.12. The summed E-state index contributed by atoms with van der Waals surface area (Å²) >= 11 is 0. The molecule has 0 aromatic heterocycles. The number of hydrogen-bond acceptors (Lipinski definition) is 2. The van der Waals surface area contributed by atoms with Crippen LogP contribution >= 0.6 is 0 Å². The van der Waals surface area contributed by atoms with Gasteiger partial charge in [0.1, 0.15) is 0 Å². The molecule has 17 heavy (non-hydrogen) atoms. The molecule has 1 saturated heterocycles. The lowest BCUT2D eigenvalue weighted by Crippen LogP contribution is -2.35. The lowest BCUT2D eigenvalue weighted by atomic mass is 10.0. The normalized spacial score (nSPS) is 19.6. The fourth-order valence-electron chi connectivity index (χ4n) is 2.09. The minimum absolute atomic E-state index is 0.0141. The van der Waals surface area contributed by atoms with Gasteiger partial charge >= 0.3 is 0 Å². The van der Waals surface area contributed by atoms with Crippen molar-refractivity contribution >= 4 is 11.6 Å². The minimum atomic E-state index is -0.0141. The van der Waals surface area contributed by atoms with Gasteiger partial charge in [-0.05, 0) is 43.0 Å². The lowest BCUT2D eigenvalue weighted by molar-refractivity contribution is -0.117. The molecule has 0 spiro atoms. The van der Waals surface area contributed by atoms with Crippen molar-refractivity contribution in [2.24, 2.45) is 0 Å². The Labute approximate surface area is 103 Å². The zero-order chi connectivity index (χ0) is 12.3. The van der Waals surface area contributed by atoms with E-state index < -0.39 is 0 Å². The Morgan fingerprint density at radius 3 is 2.59 bits per heavy atom. The molecular formula is C14H20N2O. The van der Waals surface area contributed by atoms with Crippen LogP contribution in [0.2, 0.25) is 0 Å². The average Bonchev–Trinajstić information content (AvgIpc) is 2.83. The van der Waals surface area contributed by atoms with Crippen LogP contribution in [0.4, 0.5) is 5.69 Å². The Hall–Kier alpha value is -1.35. The van der Waals surface area contributed by atoms with Crippen LogP contribution in [0.25, 0.3) is 0 Å². The highest BCUT2D eigenvalue weighted by Gasteiger charge is 2.21. The van der Waals surface area contributed by atoms with Crippen molar-refractivity contribution in [3.63, 3.8) is 0 Å². The van der Waals surface area contributed by atoms with E-state index in [1.807, 2.05) is 12.1 Å². The molecule has 2 rings (SSSR count). The highest BCUT2D eigenvalue weighted by molar-refractivity contribution is 5.95. The number of carbonyl (C=O) groups is 1. The van der Waals surface area contributed by atoms with Crippen molar-refractivity contribution in [2.75, 3.05) is 11.9 Å². The summed E-state index contributed by atoms with van der Waals surface area (Å²) in [5, 5.41) is 6.14. The molecule has 0 aliphatic carbocycles. The number of nitrogens with one attached hydrogen (secondary N) is 2. The maximum Gasteiger partial charge on any atom is 0.241 e. The molecule has 1 heterocycles. The van der Waals surface area contributed by atoms with Crippen molar-refractivity contribution in [1.29, 1.82) is 0 Å². The first-order valence-electron chi connectivity index (χ1n) is 6.31. The molecule has 1 aliphatic rings. The number of anilines is 1.